The summed E-state index contributed by atoms with van der Waals surface area (Å²) in [4.78, 5) is 36.4. The molecule has 0 aliphatic rings. The largest absolute Gasteiger partial charge is 0.466 e. The van der Waals surface area contributed by atoms with E-state index in [1.807, 2.05) is 0 Å². The van der Waals surface area contributed by atoms with Crippen LogP contribution in [0, 0.1) is 17.8 Å². The average molecular weight is 693 g/mol. The summed E-state index contributed by atoms with van der Waals surface area (Å²) in [7, 11) is 0. The van der Waals surface area contributed by atoms with Gasteiger partial charge in [0.2, 0.25) is 0 Å². The molecular formula is C44H84O5. The van der Waals surface area contributed by atoms with Crippen LogP contribution in [0.2, 0.25) is 0 Å². The number of unbranched alkanes of at least 4 members (excludes halogenated alkanes) is 18. The fourth-order valence-corrected chi connectivity index (χ4v) is 7.10. The highest BCUT2D eigenvalue weighted by molar-refractivity contribution is 5.70. The zero-order valence-electron chi connectivity index (χ0n) is 33.4. The van der Waals surface area contributed by atoms with E-state index in [0.29, 0.717) is 37.9 Å². The molecule has 0 radical (unpaired) electrons. The second-order valence-corrected chi connectivity index (χ2v) is 15.3. The van der Waals surface area contributed by atoms with Crippen molar-refractivity contribution in [3.63, 3.8) is 0 Å². The first-order valence-electron chi connectivity index (χ1n) is 21.8. The Morgan fingerprint density at radius 2 is 0.694 bits per heavy atom. The molecule has 0 bridgehead atoms. The van der Waals surface area contributed by atoms with Crippen molar-refractivity contribution in [1.29, 1.82) is 0 Å². The number of carbonyl (C=O) groups excluding carboxylic acids is 3. The molecule has 0 heterocycles. The number of hydrogen-bond acceptors (Lipinski definition) is 5. The molecule has 0 saturated carbocycles. The van der Waals surface area contributed by atoms with Gasteiger partial charge in [0.05, 0.1) is 13.2 Å². The van der Waals surface area contributed by atoms with Gasteiger partial charge in [-0.25, -0.2) is 0 Å². The van der Waals surface area contributed by atoms with Gasteiger partial charge in [-0.2, -0.15) is 0 Å². The van der Waals surface area contributed by atoms with Gasteiger partial charge in [0.1, 0.15) is 6.29 Å². The summed E-state index contributed by atoms with van der Waals surface area (Å²) in [5.74, 6) is 1.21. The fourth-order valence-electron chi connectivity index (χ4n) is 7.10. The Balaban J connectivity index is 3.77. The molecule has 0 saturated heterocycles. The molecule has 0 aromatic rings. The lowest BCUT2D eigenvalue weighted by atomic mass is 9.92. The first-order valence-corrected chi connectivity index (χ1v) is 21.8. The first-order chi connectivity index (χ1) is 24.0. The molecule has 0 rings (SSSR count). The van der Waals surface area contributed by atoms with Crippen molar-refractivity contribution in [2.75, 3.05) is 13.2 Å². The molecule has 0 aliphatic heterocycles. The molecule has 0 spiro atoms. The van der Waals surface area contributed by atoms with Gasteiger partial charge in [-0.1, -0.05) is 169 Å². The van der Waals surface area contributed by atoms with Crippen LogP contribution in [0.15, 0.2) is 0 Å². The maximum Gasteiger partial charge on any atom is 0.306 e. The average Bonchev–Trinajstić information content (AvgIpc) is 3.09. The van der Waals surface area contributed by atoms with Crippen molar-refractivity contribution in [3.05, 3.63) is 0 Å². The van der Waals surface area contributed by atoms with Crippen LogP contribution >= 0.6 is 0 Å². The molecule has 0 aromatic carbocycles. The smallest absolute Gasteiger partial charge is 0.306 e. The molecule has 290 valence electrons. The van der Waals surface area contributed by atoms with Crippen LogP contribution in [-0.2, 0) is 23.9 Å². The second-order valence-electron chi connectivity index (χ2n) is 15.3. The summed E-state index contributed by atoms with van der Waals surface area (Å²) < 4.78 is 11.2. The third-order valence-corrected chi connectivity index (χ3v) is 10.4. The number of rotatable bonds is 39. The molecule has 0 unspecified atom stereocenters. The summed E-state index contributed by atoms with van der Waals surface area (Å²) >= 11 is 0. The highest BCUT2D eigenvalue weighted by Gasteiger charge is 2.16. The Hall–Kier alpha value is -1.39. The van der Waals surface area contributed by atoms with Gasteiger partial charge in [0, 0.05) is 18.8 Å². The van der Waals surface area contributed by atoms with E-state index in [0.717, 1.165) is 77.0 Å². The lowest BCUT2D eigenvalue weighted by molar-refractivity contribution is -0.146. The van der Waals surface area contributed by atoms with Crippen molar-refractivity contribution in [3.8, 4) is 0 Å². The predicted molar refractivity (Wildman–Crippen MR) is 209 cm³/mol. The minimum Gasteiger partial charge on any atom is -0.466 e. The molecule has 49 heavy (non-hydrogen) atoms. The third kappa shape index (κ3) is 33.5. The van der Waals surface area contributed by atoms with E-state index < -0.39 is 0 Å². The molecule has 0 atom stereocenters. The molecule has 0 N–H and O–H groups in total. The minimum atomic E-state index is 0.00488. The van der Waals surface area contributed by atoms with Crippen LogP contribution in [0.4, 0.5) is 0 Å². The predicted octanol–water partition coefficient (Wildman–Crippen LogP) is 13.7. The monoisotopic (exact) mass is 693 g/mol. The Bertz CT molecular complexity index is 646. The molecular weight excluding hydrogens is 608 g/mol. The summed E-state index contributed by atoms with van der Waals surface area (Å²) in [5, 5.41) is 0. The Morgan fingerprint density at radius 1 is 0.408 bits per heavy atom. The van der Waals surface area contributed by atoms with Gasteiger partial charge >= 0.3 is 11.9 Å². The van der Waals surface area contributed by atoms with Gasteiger partial charge in [-0.05, 0) is 63.2 Å². The fraction of sp³-hybridized carbons (Fsp3) is 0.932. The molecule has 0 aromatic heterocycles. The quantitative estimate of drug-likeness (QED) is 0.0364. The van der Waals surface area contributed by atoms with E-state index in [4.69, 9.17) is 9.47 Å². The molecule has 0 fully saturated rings. The van der Waals surface area contributed by atoms with Crippen molar-refractivity contribution in [2.24, 2.45) is 17.8 Å². The lowest BCUT2D eigenvalue weighted by Crippen LogP contribution is -2.13. The van der Waals surface area contributed by atoms with E-state index in [1.54, 1.807) is 0 Å². The summed E-state index contributed by atoms with van der Waals surface area (Å²) in [6, 6.07) is 0. The summed E-state index contributed by atoms with van der Waals surface area (Å²) in [6.07, 6.45) is 37.5. The van der Waals surface area contributed by atoms with Crippen molar-refractivity contribution >= 4 is 18.2 Å². The van der Waals surface area contributed by atoms with Gasteiger partial charge in [0.25, 0.3) is 0 Å². The molecule has 0 amide bonds. The highest BCUT2D eigenvalue weighted by Crippen LogP contribution is 2.23. The van der Waals surface area contributed by atoms with Crippen LogP contribution in [0.25, 0.3) is 0 Å². The Labute approximate surface area is 305 Å². The van der Waals surface area contributed by atoms with Crippen LogP contribution in [0.1, 0.15) is 233 Å². The standard InChI is InChI=1S/C44H84O5/c1-5-9-21-29-40(30-22-10-6-2)37-43(46)48-35-27-19-15-13-17-25-33-42(39-45)34-26-18-14-16-20-28-36-49-44(47)38-41(31-23-11-7-3)32-24-12-8-4/h39-42H,5-38H2,1-4H3. The van der Waals surface area contributed by atoms with E-state index in [1.165, 1.54) is 122 Å². The number of aldehydes is 1. The number of hydrogen-bond donors (Lipinski definition) is 0. The van der Waals surface area contributed by atoms with Crippen molar-refractivity contribution < 1.29 is 23.9 Å². The van der Waals surface area contributed by atoms with Crippen LogP contribution in [0.5, 0.6) is 0 Å². The maximum absolute atomic E-state index is 12.4. The minimum absolute atomic E-state index is 0.00488. The Morgan fingerprint density at radius 3 is 1.00 bits per heavy atom. The molecule has 0 aliphatic carbocycles. The van der Waals surface area contributed by atoms with Crippen LogP contribution in [0.3, 0.4) is 0 Å². The van der Waals surface area contributed by atoms with E-state index in [-0.39, 0.29) is 17.9 Å². The van der Waals surface area contributed by atoms with Gasteiger partial charge in [-0.3, -0.25) is 9.59 Å². The van der Waals surface area contributed by atoms with Crippen LogP contribution in [-0.4, -0.2) is 31.4 Å². The Kier molecular flexibility index (Phi) is 36.8. The van der Waals surface area contributed by atoms with E-state index in [9.17, 15) is 14.4 Å². The normalized spacial score (nSPS) is 11.6. The topological polar surface area (TPSA) is 69.7 Å². The highest BCUT2D eigenvalue weighted by atomic mass is 16.5. The second kappa shape index (κ2) is 37.9. The van der Waals surface area contributed by atoms with Gasteiger partial charge in [0.15, 0.2) is 0 Å². The number of carbonyl (C=O) groups is 3. The van der Waals surface area contributed by atoms with Crippen molar-refractivity contribution in [1.82, 2.24) is 0 Å². The molecule has 5 heteroatoms. The van der Waals surface area contributed by atoms with Gasteiger partial charge < -0.3 is 14.3 Å². The van der Waals surface area contributed by atoms with E-state index >= 15 is 0 Å². The third-order valence-electron chi connectivity index (χ3n) is 10.4. The summed E-state index contributed by atoms with van der Waals surface area (Å²) in [5.41, 5.74) is 0. The number of ether oxygens (including phenoxy) is 2. The molecule has 5 nitrogen and oxygen atoms in total. The SMILES string of the molecule is CCCCCC(CCCCC)CC(=O)OCCCCCCCCC(C=O)CCCCCCCCOC(=O)CC(CCCCC)CCCCC. The van der Waals surface area contributed by atoms with Crippen LogP contribution < -0.4 is 0 Å². The van der Waals surface area contributed by atoms with Gasteiger partial charge in [-0.15, -0.1) is 0 Å². The van der Waals surface area contributed by atoms with Crippen molar-refractivity contribution in [2.45, 2.75) is 233 Å². The zero-order chi connectivity index (χ0) is 36.0. The maximum atomic E-state index is 12.4. The van der Waals surface area contributed by atoms with E-state index in [2.05, 4.69) is 27.7 Å². The lowest BCUT2D eigenvalue weighted by Gasteiger charge is -2.16. The zero-order valence-corrected chi connectivity index (χ0v) is 33.4. The number of esters is 2. The summed E-state index contributed by atoms with van der Waals surface area (Å²) in [6.45, 7) is 10.1. The first kappa shape index (κ1) is 47.6.